The van der Waals surface area contributed by atoms with Crippen LogP contribution in [0.2, 0.25) is 0 Å². The summed E-state index contributed by atoms with van der Waals surface area (Å²) in [4.78, 5) is 45.4. The summed E-state index contributed by atoms with van der Waals surface area (Å²) in [6.45, 7) is 1.28. The van der Waals surface area contributed by atoms with E-state index in [1.807, 2.05) is 0 Å². The molecule has 30 heavy (non-hydrogen) atoms. The number of carbonyl (C=O) groups excluding carboxylic acids is 4. The molecule has 0 fully saturated rings. The van der Waals surface area contributed by atoms with Crippen LogP contribution in [0.1, 0.15) is 89.9 Å². The third-order valence-corrected chi connectivity index (χ3v) is 4.77. The van der Waals surface area contributed by atoms with Crippen molar-refractivity contribution < 1.29 is 28.7 Å². The lowest BCUT2D eigenvalue weighted by Gasteiger charge is -2.06. The Balaban J connectivity index is 3.37. The van der Waals surface area contributed by atoms with Crippen LogP contribution < -0.4 is 10.6 Å². The van der Waals surface area contributed by atoms with E-state index in [1.165, 1.54) is 14.2 Å². The second kappa shape index (κ2) is 20.2. The molecule has 0 saturated heterocycles. The zero-order valence-corrected chi connectivity index (χ0v) is 18.8. The number of esters is 2. The maximum atomic E-state index is 11.7. The summed E-state index contributed by atoms with van der Waals surface area (Å²) in [6.07, 6.45) is 10.5. The number of hydrogen-bond donors (Lipinski definition) is 2. The van der Waals surface area contributed by atoms with E-state index in [9.17, 15) is 19.2 Å². The first-order chi connectivity index (χ1) is 14.5. The van der Waals surface area contributed by atoms with Gasteiger partial charge in [-0.3, -0.25) is 19.2 Å². The van der Waals surface area contributed by atoms with Crippen molar-refractivity contribution in [2.45, 2.75) is 89.9 Å². The second-order valence-corrected chi connectivity index (χ2v) is 7.39. The van der Waals surface area contributed by atoms with E-state index in [0.717, 1.165) is 64.2 Å². The lowest BCUT2D eigenvalue weighted by atomic mass is 10.1. The molecule has 0 saturated carbocycles. The van der Waals surface area contributed by atoms with Gasteiger partial charge in [-0.1, -0.05) is 25.7 Å². The molecule has 0 spiro atoms. The number of methoxy groups -OCH3 is 2. The first kappa shape index (κ1) is 27.9. The summed E-state index contributed by atoms with van der Waals surface area (Å²) in [5.41, 5.74) is 0. The molecule has 0 atom stereocenters. The zero-order chi connectivity index (χ0) is 22.5. The van der Waals surface area contributed by atoms with Crippen molar-refractivity contribution in [2.24, 2.45) is 0 Å². The van der Waals surface area contributed by atoms with Gasteiger partial charge in [-0.05, 0) is 38.5 Å². The van der Waals surface area contributed by atoms with Crippen molar-refractivity contribution in [1.29, 1.82) is 0 Å². The van der Waals surface area contributed by atoms with Crippen molar-refractivity contribution >= 4 is 23.8 Å². The topological polar surface area (TPSA) is 111 Å². The summed E-state index contributed by atoms with van der Waals surface area (Å²) < 4.78 is 9.15. The molecule has 0 radical (unpaired) electrons. The van der Waals surface area contributed by atoms with Crippen molar-refractivity contribution in [1.82, 2.24) is 10.6 Å². The molecule has 0 aliphatic carbocycles. The molecule has 0 bridgehead atoms. The van der Waals surface area contributed by atoms with Gasteiger partial charge in [0, 0.05) is 38.8 Å². The molecule has 0 unspecified atom stereocenters. The van der Waals surface area contributed by atoms with Crippen LogP contribution in [0, 0.1) is 0 Å². The predicted molar refractivity (Wildman–Crippen MR) is 115 cm³/mol. The Labute approximate surface area is 180 Å². The molecule has 8 heteroatoms. The number of ether oxygens (including phenoxy) is 2. The van der Waals surface area contributed by atoms with E-state index < -0.39 is 0 Å². The Bertz CT molecular complexity index is 452. The lowest BCUT2D eigenvalue weighted by molar-refractivity contribution is -0.141. The Morgan fingerprint density at radius 1 is 0.500 bits per heavy atom. The molecule has 0 aromatic rings. The van der Waals surface area contributed by atoms with Crippen LogP contribution >= 0.6 is 0 Å². The monoisotopic (exact) mass is 428 g/mol. The van der Waals surface area contributed by atoms with Crippen molar-refractivity contribution in [3.63, 3.8) is 0 Å². The van der Waals surface area contributed by atoms with Gasteiger partial charge in [-0.15, -0.1) is 0 Å². The highest BCUT2D eigenvalue weighted by Crippen LogP contribution is 2.06. The predicted octanol–water partition coefficient (Wildman–Crippen LogP) is 3.03. The van der Waals surface area contributed by atoms with Crippen LogP contribution in [0.5, 0.6) is 0 Å². The van der Waals surface area contributed by atoms with Crippen LogP contribution in [0.25, 0.3) is 0 Å². The van der Waals surface area contributed by atoms with E-state index in [4.69, 9.17) is 0 Å². The maximum absolute atomic E-state index is 11.7. The molecule has 0 aromatic carbocycles. The highest BCUT2D eigenvalue weighted by molar-refractivity contribution is 5.76. The van der Waals surface area contributed by atoms with Crippen LogP contribution in [-0.2, 0) is 28.7 Å². The van der Waals surface area contributed by atoms with E-state index >= 15 is 0 Å². The first-order valence-corrected chi connectivity index (χ1v) is 11.2. The molecule has 8 nitrogen and oxygen atoms in total. The summed E-state index contributed by atoms with van der Waals surface area (Å²) in [5, 5.41) is 5.79. The molecule has 0 aliphatic rings. The van der Waals surface area contributed by atoms with Gasteiger partial charge < -0.3 is 20.1 Å². The quantitative estimate of drug-likeness (QED) is 0.242. The summed E-state index contributed by atoms with van der Waals surface area (Å²) in [6, 6.07) is 0. The molecule has 2 N–H and O–H groups in total. The van der Waals surface area contributed by atoms with Gasteiger partial charge in [0.05, 0.1) is 14.2 Å². The normalized spacial score (nSPS) is 10.3. The number of rotatable bonds is 19. The molecule has 0 rings (SSSR count). The average Bonchev–Trinajstić information content (AvgIpc) is 2.74. The van der Waals surface area contributed by atoms with Crippen LogP contribution in [0.3, 0.4) is 0 Å². The number of unbranched alkanes of at least 4 members (excludes halogenated alkanes) is 7. The first-order valence-electron chi connectivity index (χ1n) is 11.2. The number of carbonyl (C=O) groups is 4. The number of nitrogens with one attached hydrogen (secondary N) is 2. The number of hydrogen-bond acceptors (Lipinski definition) is 6. The highest BCUT2D eigenvalue weighted by Gasteiger charge is 2.04. The van der Waals surface area contributed by atoms with Gasteiger partial charge >= 0.3 is 11.9 Å². The highest BCUT2D eigenvalue weighted by atomic mass is 16.5. The van der Waals surface area contributed by atoms with Gasteiger partial charge in [0.25, 0.3) is 0 Å². The van der Waals surface area contributed by atoms with Gasteiger partial charge in [-0.2, -0.15) is 0 Å². The SMILES string of the molecule is COC(=O)CCCCCNC(=O)CCCCCCC(=O)NCCCCCC(=O)OC. The average molecular weight is 429 g/mol. The van der Waals surface area contributed by atoms with Gasteiger partial charge in [0.2, 0.25) is 11.8 Å². The van der Waals surface area contributed by atoms with E-state index in [-0.39, 0.29) is 23.8 Å². The van der Waals surface area contributed by atoms with Crippen LogP contribution in [-0.4, -0.2) is 51.1 Å². The standard InChI is InChI=1S/C22H40N2O6/c1-29-21(27)15-9-5-11-17-23-19(25)13-7-3-4-8-14-20(26)24-18-12-6-10-16-22(28)30-2/h3-18H2,1-2H3,(H,23,25)(H,24,26). The molecule has 0 heterocycles. The lowest BCUT2D eigenvalue weighted by Crippen LogP contribution is -2.24. The largest absolute Gasteiger partial charge is 0.469 e. The smallest absolute Gasteiger partial charge is 0.305 e. The summed E-state index contributed by atoms with van der Waals surface area (Å²) in [5.74, 6) is -0.256. The van der Waals surface area contributed by atoms with Crippen LogP contribution in [0.15, 0.2) is 0 Å². The van der Waals surface area contributed by atoms with E-state index in [2.05, 4.69) is 20.1 Å². The van der Waals surface area contributed by atoms with Gasteiger partial charge in [0.1, 0.15) is 0 Å². The summed E-state index contributed by atoms with van der Waals surface area (Å²) in [7, 11) is 2.77. The minimum atomic E-state index is -0.191. The van der Waals surface area contributed by atoms with Gasteiger partial charge in [-0.25, -0.2) is 0 Å². The fourth-order valence-corrected chi connectivity index (χ4v) is 2.90. The summed E-state index contributed by atoms with van der Waals surface area (Å²) >= 11 is 0. The van der Waals surface area contributed by atoms with Crippen molar-refractivity contribution in [2.75, 3.05) is 27.3 Å². The molecule has 0 aromatic heterocycles. The molecule has 174 valence electrons. The molecular formula is C22H40N2O6. The molecular weight excluding hydrogens is 388 g/mol. The van der Waals surface area contributed by atoms with E-state index in [0.29, 0.717) is 38.8 Å². The molecule has 0 aliphatic heterocycles. The van der Waals surface area contributed by atoms with Gasteiger partial charge in [0.15, 0.2) is 0 Å². The minimum Gasteiger partial charge on any atom is -0.469 e. The Morgan fingerprint density at radius 3 is 1.20 bits per heavy atom. The third kappa shape index (κ3) is 19.2. The van der Waals surface area contributed by atoms with E-state index in [1.54, 1.807) is 0 Å². The Kier molecular flexibility index (Phi) is 18.7. The Hall–Kier alpha value is -2.12. The van der Waals surface area contributed by atoms with Crippen molar-refractivity contribution in [3.05, 3.63) is 0 Å². The fourth-order valence-electron chi connectivity index (χ4n) is 2.90. The van der Waals surface area contributed by atoms with Crippen LogP contribution in [0.4, 0.5) is 0 Å². The fraction of sp³-hybridized carbons (Fsp3) is 0.818. The maximum Gasteiger partial charge on any atom is 0.305 e. The zero-order valence-electron chi connectivity index (χ0n) is 18.8. The number of amides is 2. The van der Waals surface area contributed by atoms with Crippen molar-refractivity contribution in [3.8, 4) is 0 Å². The third-order valence-electron chi connectivity index (χ3n) is 4.77. The second-order valence-electron chi connectivity index (χ2n) is 7.39. The molecule has 2 amide bonds. The minimum absolute atomic E-state index is 0.0629. The Morgan fingerprint density at radius 2 is 0.833 bits per heavy atom.